The van der Waals surface area contributed by atoms with Crippen LogP contribution in [0.3, 0.4) is 0 Å². The van der Waals surface area contributed by atoms with Gasteiger partial charge in [0.05, 0.1) is 70.4 Å². The number of nitrogen functional groups attached to an aromatic ring is 3. The molecule has 0 saturated carbocycles. The van der Waals surface area contributed by atoms with Crippen molar-refractivity contribution in [2.24, 2.45) is 0 Å². The third kappa shape index (κ3) is 12.9. The molecule has 0 aliphatic carbocycles. The number of pyridine rings is 4. The van der Waals surface area contributed by atoms with Gasteiger partial charge in [0.15, 0.2) is 0 Å². The molecule has 242 valence electrons. The molecular weight excluding hydrogens is 616 g/mol. The predicted molar refractivity (Wildman–Crippen MR) is 171 cm³/mol. The van der Waals surface area contributed by atoms with Crippen LogP contribution in [0.2, 0.25) is 0 Å². The van der Waals surface area contributed by atoms with Crippen LogP contribution in [0.25, 0.3) is 22.1 Å². The second-order valence-corrected chi connectivity index (χ2v) is 8.35. The highest BCUT2D eigenvalue weighted by molar-refractivity contribution is 6.20. The van der Waals surface area contributed by atoms with Crippen molar-refractivity contribution in [1.82, 2.24) is 39.9 Å². The quantitative estimate of drug-likeness (QED) is 0.0594. The molecule has 0 atom stereocenters. The molecular formula is C28H28N12O7. The zero-order valence-corrected chi connectivity index (χ0v) is 24.6. The average molecular weight is 645 g/mol. The summed E-state index contributed by atoms with van der Waals surface area (Å²) in [5.74, 6) is -0.803. The fraction of sp³-hybridized carbons (Fsp3) is 0.0714. The molecule has 6 rings (SSSR count). The van der Waals surface area contributed by atoms with Crippen molar-refractivity contribution in [3.63, 3.8) is 0 Å². The van der Waals surface area contributed by atoms with Crippen LogP contribution in [0.5, 0.6) is 0 Å². The maximum absolute atomic E-state index is 10.7. The Balaban J connectivity index is 0.000000207. The molecule has 8 N–H and O–H groups in total. The van der Waals surface area contributed by atoms with Crippen LogP contribution in [-0.4, -0.2) is 63.7 Å². The molecule has 0 unspecified atom stereocenters. The Morgan fingerprint density at radius 3 is 1.85 bits per heavy atom. The van der Waals surface area contributed by atoms with Gasteiger partial charge in [-0.2, -0.15) is 0 Å². The van der Waals surface area contributed by atoms with E-state index in [2.05, 4.69) is 44.6 Å². The topological polar surface area (TPSA) is 308 Å². The molecule has 0 aliphatic rings. The number of hydrogen-bond donors (Lipinski definition) is 5. The number of ether oxygens (including phenoxy) is 1. The standard InChI is InChI=1S/2C7H5N3O.C5H5N3O2.C5H7N3.C4H6O3/c11-7-4-9-6-3-8-2-1-5(6)10-7;11-7-4-9-5-1-2-8-3-6(5)10-7;6-4-1-2-7-3-5(4)8(9)10;6-4-1-2-8-3-5(4)7;1-2-7-4(6)3-5/h2*1-4H,(H,10,11);1-3H,(H2,6,7);1-3H,7H2,(H2,6,8);3H,2H2,1H3. The number of aromatic amines is 2. The number of nitrogens with zero attached hydrogens (tertiary/aromatic N) is 7. The first kappa shape index (κ1) is 36.0. The van der Waals surface area contributed by atoms with Gasteiger partial charge in [-0.15, -0.1) is 0 Å². The Kier molecular flexibility index (Phi) is 14.7. The SMILES string of the molecule is CCOC(=O)C=O.Nc1ccncc1N.Nc1ccncc1[N+](=O)[O-].O=c1cnc2ccncc2[nH]1.O=c1cnc2cnccc2[nH]1. The average Bonchev–Trinajstić information content (AvgIpc) is 3.07. The van der Waals surface area contributed by atoms with E-state index in [0.717, 1.165) is 11.7 Å². The van der Waals surface area contributed by atoms with E-state index in [1.807, 2.05) is 0 Å². The first-order chi connectivity index (χ1) is 22.5. The van der Waals surface area contributed by atoms with Crippen molar-refractivity contribution in [3.8, 4) is 0 Å². The third-order valence-electron chi connectivity index (χ3n) is 5.05. The number of anilines is 3. The number of rotatable bonds is 3. The smallest absolute Gasteiger partial charge is 0.371 e. The Morgan fingerprint density at radius 2 is 1.32 bits per heavy atom. The minimum absolute atomic E-state index is 0.139. The normalized spacial score (nSPS) is 9.38. The van der Waals surface area contributed by atoms with Crippen LogP contribution in [-0.2, 0) is 14.3 Å². The van der Waals surface area contributed by atoms with Gasteiger partial charge >= 0.3 is 11.7 Å². The molecule has 6 aromatic rings. The maximum atomic E-state index is 10.7. The second-order valence-electron chi connectivity index (χ2n) is 8.35. The van der Waals surface area contributed by atoms with Gasteiger partial charge in [0.25, 0.3) is 11.1 Å². The van der Waals surface area contributed by atoms with Crippen molar-refractivity contribution in [2.75, 3.05) is 23.8 Å². The number of H-pyrrole nitrogens is 2. The molecule has 47 heavy (non-hydrogen) atoms. The van der Waals surface area contributed by atoms with Gasteiger partial charge in [0.2, 0.25) is 6.29 Å². The van der Waals surface area contributed by atoms with Crippen molar-refractivity contribution in [3.05, 3.63) is 117 Å². The molecule has 19 heteroatoms. The largest absolute Gasteiger partial charge is 0.460 e. The summed E-state index contributed by atoms with van der Waals surface area (Å²) in [6.07, 6.45) is 14.7. The number of hydrogen-bond acceptors (Lipinski definition) is 16. The highest BCUT2D eigenvalue weighted by Crippen LogP contribution is 2.16. The van der Waals surface area contributed by atoms with E-state index in [9.17, 15) is 29.3 Å². The fourth-order valence-electron chi connectivity index (χ4n) is 2.92. The lowest BCUT2D eigenvalue weighted by molar-refractivity contribution is -0.384. The summed E-state index contributed by atoms with van der Waals surface area (Å²) in [6.45, 7) is 1.90. The zero-order chi connectivity index (χ0) is 34.6. The Labute approximate surface area is 264 Å². The molecule has 0 spiro atoms. The predicted octanol–water partition coefficient (Wildman–Crippen LogP) is 1.20. The maximum Gasteiger partial charge on any atom is 0.371 e. The van der Waals surface area contributed by atoms with E-state index in [-0.39, 0.29) is 35.4 Å². The summed E-state index contributed by atoms with van der Waals surface area (Å²) in [5.41, 5.74) is 19.5. The van der Waals surface area contributed by atoms with E-state index < -0.39 is 10.9 Å². The minimum atomic E-state index is -0.803. The fourth-order valence-corrected chi connectivity index (χ4v) is 2.92. The first-order valence-electron chi connectivity index (χ1n) is 13.0. The zero-order valence-electron chi connectivity index (χ0n) is 24.6. The summed E-state index contributed by atoms with van der Waals surface area (Å²) >= 11 is 0. The van der Waals surface area contributed by atoms with Crippen LogP contribution >= 0.6 is 0 Å². The molecule has 6 heterocycles. The molecule has 0 bridgehead atoms. The van der Waals surface area contributed by atoms with Crippen molar-refractivity contribution in [2.45, 2.75) is 6.92 Å². The van der Waals surface area contributed by atoms with Crippen molar-refractivity contribution < 1.29 is 19.2 Å². The van der Waals surface area contributed by atoms with E-state index in [1.54, 1.807) is 56.1 Å². The van der Waals surface area contributed by atoms with E-state index >= 15 is 0 Å². The summed E-state index contributed by atoms with van der Waals surface area (Å²) in [7, 11) is 0. The highest BCUT2D eigenvalue weighted by Gasteiger charge is 2.08. The lowest BCUT2D eigenvalue weighted by Gasteiger charge is -1.93. The molecule has 0 aliphatic heterocycles. The van der Waals surface area contributed by atoms with Gasteiger partial charge in [0, 0.05) is 24.8 Å². The highest BCUT2D eigenvalue weighted by atomic mass is 16.6. The summed E-state index contributed by atoms with van der Waals surface area (Å²) in [4.78, 5) is 78.3. The van der Waals surface area contributed by atoms with Crippen LogP contribution in [0.15, 0.2) is 95.8 Å². The number of esters is 1. The number of nitrogens with one attached hydrogen (secondary N) is 2. The molecule has 0 radical (unpaired) electrons. The number of aldehydes is 1. The third-order valence-corrected chi connectivity index (χ3v) is 5.05. The number of aromatic nitrogens is 8. The van der Waals surface area contributed by atoms with Crippen LogP contribution < -0.4 is 28.3 Å². The molecule has 0 fully saturated rings. The molecule has 19 nitrogen and oxygen atoms in total. The number of carbonyl (C=O) groups is 2. The Bertz CT molecular complexity index is 1930. The van der Waals surface area contributed by atoms with Crippen molar-refractivity contribution >= 4 is 57.1 Å². The van der Waals surface area contributed by atoms with Gasteiger partial charge in [-0.3, -0.25) is 44.4 Å². The number of nitrogens with two attached hydrogens (primary N) is 3. The van der Waals surface area contributed by atoms with Gasteiger partial charge in [-0.25, -0.2) is 14.8 Å². The molecule has 6 aromatic heterocycles. The number of fused-ring (bicyclic) bond motifs is 2. The molecule has 0 aromatic carbocycles. The van der Waals surface area contributed by atoms with Gasteiger partial charge < -0.3 is 31.9 Å². The van der Waals surface area contributed by atoms with Gasteiger partial charge in [-0.05, 0) is 31.2 Å². The Morgan fingerprint density at radius 1 is 0.766 bits per heavy atom. The monoisotopic (exact) mass is 644 g/mol. The van der Waals surface area contributed by atoms with E-state index in [4.69, 9.17) is 17.2 Å². The lowest BCUT2D eigenvalue weighted by atomic mass is 10.4. The number of nitro groups is 1. The summed E-state index contributed by atoms with van der Waals surface area (Å²) < 4.78 is 4.18. The number of carbonyl (C=O) groups excluding carboxylic acids is 2. The molecule has 0 amide bonds. The van der Waals surface area contributed by atoms with Gasteiger partial charge in [-0.1, -0.05) is 0 Å². The lowest BCUT2D eigenvalue weighted by Crippen LogP contribution is -2.04. The Hall–Kier alpha value is -7.18. The first-order valence-corrected chi connectivity index (χ1v) is 13.0. The van der Waals surface area contributed by atoms with Crippen LogP contribution in [0.1, 0.15) is 6.92 Å². The van der Waals surface area contributed by atoms with Gasteiger partial charge in [0.1, 0.15) is 17.4 Å². The van der Waals surface area contributed by atoms with Crippen LogP contribution in [0, 0.1) is 10.1 Å². The summed E-state index contributed by atoms with van der Waals surface area (Å²) in [6, 6.07) is 6.50. The van der Waals surface area contributed by atoms with E-state index in [0.29, 0.717) is 27.9 Å². The summed E-state index contributed by atoms with van der Waals surface area (Å²) in [5, 5.41) is 10.1. The van der Waals surface area contributed by atoms with Crippen LogP contribution in [0.4, 0.5) is 22.7 Å². The molecule has 0 saturated heterocycles. The second kappa shape index (κ2) is 19.2. The van der Waals surface area contributed by atoms with E-state index in [1.165, 1.54) is 30.9 Å². The van der Waals surface area contributed by atoms with Crippen molar-refractivity contribution in [1.29, 1.82) is 0 Å². The minimum Gasteiger partial charge on any atom is -0.460 e.